The van der Waals surface area contributed by atoms with Crippen LogP contribution in [0, 0.1) is 0 Å². The van der Waals surface area contributed by atoms with Crippen molar-refractivity contribution in [1.29, 1.82) is 0 Å². The predicted molar refractivity (Wildman–Crippen MR) is 65.1 cm³/mol. The lowest BCUT2D eigenvalue weighted by Crippen LogP contribution is -2.49. The Morgan fingerprint density at radius 2 is 2.07 bits per heavy atom. The standard InChI is InChI=1S/C13H25NO/c1-5-15-13(8-6-7-9-13)12(14-4)10-11(2)3/h12,14H,2,5-10H2,1,3-4H3. The maximum absolute atomic E-state index is 6.04. The molecule has 0 heterocycles. The summed E-state index contributed by atoms with van der Waals surface area (Å²) in [6.45, 7) is 9.01. The zero-order valence-corrected chi connectivity index (χ0v) is 10.4. The first-order chi connectivity index (χ1) is 7.14. The lowest BCUT2D eigenvalue weighted by Gasteiger charge is -2.37. The first kappa shape index (κ1) is 12.7. The molecule has 15 heavy (non-hydrogen) atoms. The normalized spacial score (nSPS) is 21.5. The number of hydrogen-bond acceptors (Lipinski definition) is 2. The Balaban J connectivity index is 2.70. The average Bonchev–Trinajstić information content (AvgIpc) is 2.64. The third kappa shape index (κ3) is 3.05. The summed E-state index contributed by atoms with van der Waals surface area (Å²) in [5.74, 6) is 0. The van der Waals surface area contributed by atoms with Gasteiger partial charge in [-0.25, -0.2) is 0 Å². The largest absolute Gasteiger partial charge is 0.374 e. The molecule has 0 radical (unpaired) electrons. The van der Waals surface area contributed by atoms with E-state index in [9.17, 15) is 0 Å². The molecule has 2 nitrogen and oxygen atoms in total. The summed E-state index contributed by atoms with van der Waals surface area (Å²) >= 11 is 0. The van der Waals surface area contributed by atoms with Crippen LogP contribution in [0.25, 0.3) is 0 Å². The minimum Gasteiger partial charge on any atom is -0.374 e. The third-order valence-electron chi connectivity index (χ3n) is 3.42. The van der Waals surface area contributed by atoms with E-state index in [0.29, 0.717) is 6.04 Å². The lowest BCUT2D eigenvalue weighted by atomic mass is 9.88. The molecule has 0 aromatic heterocycles. The molecule has 0 saturated heterocycles. The van der Waals surface area contributed by atoms with Crippen LogP contribution in [0.15, 0.2) is 12.2 Å². The Bertz CT molecular complexity index is 207. The van der Waals surface area contributed by atoms with E-state index in [4.69, 9.17) is 4.74 Å². The molecule has 0 aromatic carbocycles. The molecule has 1 fully saturated rings. The van der Waals surface area contributed by atoms with Crippen molar-refractivity contribution >= 4 is 0 Å². The second-order valence-corrected chi connectivity index (χ2v) is 4.71. The van der Waals surface area contributed by atoms with Gasteiger partial charge in [-0.2, -0.15) is 0 Å². The lowest BCUT2D eigenvalue weighted by molar-refractivity contribution is -0.0596. The van der Waals surface area contributed by atoms with E-state index in [0.717, 1.165) is 13.0 Å². The van der Waals surface area contributed by atoms with Gasteiger partial charge in [0, 0.05) is 12.6 Å². The highest BCUT2D eigenvalue weighted by Crippen LogP contribution is 2.37. The second kappa shape index (κ2) is 5.66. The van der Waals surface area contributed by atoms with Crippen LogP contribution in [-0.4, -0.2) is 25.3 Å². The molecule has 0 spiro atoms. The Kier molecular flexibility index (Phi) is 4.81. The molecule has 1 atom stereocenters. The highest BCUT2D eigenvalue weighted by Gasteiger charge is 2.41. The molecular weight excluding hydrogens is 186 g/mol. The zero-order valence-electron chi connectivity index (χ0n) is 10.4. The van der Waals surface area contributed by atoms with Gasteiger partial charge in [0.2, 0.25) is 0 Å². The number of likely N-dealkylation sites (N-methyl/N-ethyl adjacent to an activating group) is 1. The van der Waals surface area contributed by atoms with Crippen molar-refractivity contribution in [2.45, 2.75) is 57.6 Å². The van der Waals surface area contributed by atoms with Crippen LogP contribution < -0.4 is 5.32 Å². The van der Waals surface area contributed by atoms with Gasteiger partial charge in [-0.1, -0.05) is 18.4 Å². The monoisotopic (exact) mass is 211 g/mol. The van der Waals surface area contributed by atoms with E-state index in [1.807, 2.05) is 7.05 Å². The van der Waals surface area contributed by atoms with Gasteiger partial charge in [-0.15, -0.1) is 6.58 Å². The van der Waals surface area contributed by atoms with E-state index in [1.165, 1.54) is 31.3 Å². The molecule has 0 aromatic rings. The Morgan fingerprint density at radius 1 is 1.47 bits per heavy atom. The van der Waals surface area contributed by atoms with Crippen LogP contribution in [0.2, 0.25) is 0 Å². The van der Waals surface area contributed by atoms with Gasteiger partial charge in [0.1, 0.15) is 0 Å². The molecule has 1 aliphatic rings. The van der Waals surface area contributed by atoms with Crippen molar-refractivity contribution in [3.63, 3.8) is 0 Å². The van der Waals surface area contributed by atoms with E-state index in [-0.39, 0.29) is 5.60 Å². The molecule has 1 N–H and O–H groups in total. The Morgan fingerprint density at radius 3 is 2.47 bits per heavy atom. The maximum atomic E-state index is 6.04. The van der Waals surface area contributed by atoms with Crippen LogP contribution in [0.1, 0.15) is 46.0 Å². The first-order valence-electron chi connectivity index (χ1n) is 6.10. The average molecular weight is 211 g/mol. The topological polar surface area (TPSA) is 21.3 Å². The fourth-order valence-corrected chi connectivity index (χ4v) is 2.75. The summed E-state index contributed by atoms with van der Waals surface area (Å²) in [6, 6.07) is 0.428. The molecule has 1 unspecified atom stereocenters. The van der Waals surface area contributed by atoms with Crippen LogP contribution in [-0.2, 0) is 4.74 Å². The summed E-state index contributed by atoms with van der Waals surface area (Å²) in [6.07, 6.45) is 6.01. The quantitative estimate of drug-likeness (QED) is 0.682. The van der Waals surface area contributed by atoms with Gasteiger partial charge in [0.15, 0.2) is 0 Å². The third-order valence-corrected chi connectivity index (χ3v) is 3.42. The van der Waals surface area contributed by atoms with E-state index in [2.05, 4.69) is 25.7 Å². The maximum Gasteiger partial charge on any atom is 0.0837 e. The molecule has 0 bridgehead atoms. The zero-order chi connectivity index (χ0) is 11.3. The van der Waals surface area contributed by atoms with Crippen LogP contribution in [0.4, 0.5) is 0 Å². The Hall–Kier alpha value is -0.340. The first-order valence-corrected chi connectivity index (χ1v) is 6.10. The van der Waals surface area contributed by atoms with Crippen molar-refractivity contribution < 1.29 is 4.74 Å². The molecule has 1 rings (SSSR count). The summed E-state index contributed by atoms with van der Waals surface area (Å²) in [5.41, 5.74) is 1.31. The number of rotatable bonds is 6. The molecule has 0 aliphatic heterocycles. The summed E-state index contributed by atoms with van der Waals surface area (Å²) in [4.78, 5) is 0. The fourth-order valence-electron chi connectivity index (χ4n) is 2.75. The highest BCUT2D eigenvalue weighted by atomic mass is 16.5. The number of ether oxygens (including phenoxy) is 1. The molecular formula is C13H25NO. The van der Waals surface area contributed by atoms with Gasteiger partial charge in [-0.3, -0.25) is 0 Å². The fraction of sp³-hybridized carbons (Fsp3) is 0.846. The van der Waals surface area contributed by atoms with Gasteiger partial charge in [0.25, 0.3) is 0 Å². The smallest absolute Gasteiger partial charge is 0.0837 e. The van der Waals surface area contributed by atoms with Gasteiger partial charge < -0.3 is 10.1 Å². The molecule has 0 amide bonds. The molecule has 2 heteroatoms. The number of hydrogen-bond donors (Lipinski definition) is 1. The molecule has 1 saturated carbocycles. The molecule has 88 valence electrons. The van der Waals surface area contributed by atoms with Crippen LogP contribution in [0.3, 0.4) is 0 Å². The van der Waals surface area contributed by atoms with Gasteiger partial charge in [0.05, 0.1) is 5.60 Å². The summed E-state index contributed by atoms with van der Waals surface area (Å²) in [7, 11) is 2.03. The number of nitrogens with one attached hydrogen (secondary N) is 1. The van der Waals surface area contributed by atoms with Crippen LogP contribution in [0.5, 0.6) is 0 Å². The minimum atomic E-state index is 0.0719. The SMILES string of the molecule is C=C(C)CC(NC)C1(OCC)CCCC1. The Labute approximate surface area is 94.1 Å². The van der Waals surface area contributed by atoms with E-state index < -0.39 is 0 Å². The molecule has 1 aliphatic carbocycles. The second-order valence-electron chi connectivity index (χ2n) is 4.71. The van der Waals surface area contributed by atoms with Crippen molar-refractivity contribution in [3.05, 3.63) is 12.2 Å². The summed E-state index contributed by atoms with van der Waals surface area (Å²) in [5, 5.41) is 3.42. The highest BCUT2D eigenvalue weighted by molar-refractivity contribution is 5.03. The van der Waals surface area contributed by atoms with E-state index >= 15 is 0 Å². The van der Waals surface area contributed by atoms with Crippen molar-refractivity contribution in [2.75, 3.05) is 13.7 Å². The van der Waals surface area contributed by atoms with Crippen molar-refractivity contribution in [2.24, 2.45) is 0 Å². The predicted octanol–water partition coefficient (Wildman–Crippen LogP) is 2.89. The van der Waals surface area contributed by atoms with Crippen LogP contribution >= 0.6 is 0 Å². The minimum absolute atomic E-state index is 0.0719. The van der Waals surface area contributed by atoms with E-state index in [1.54, 1.807) is 0 Å². The van der Waals surface area contributed by atoms with Gasteiger partial charge >= 0.3 is 0 Å². The summed E-state index contributed by atoms with van der Waals surface area (Å²) < 4.78 is 6.04. The van der Waals surface area contributed by atoms with Gasteiger partial charge in [-0.05, 0) is 40.2 Å². The van der Waals surface area contributed by atoms with Crippen molar-refractivity contribution in [1.82, 2.24) is 5.32 Å². The van der Waals surface area contributed by atoms with Crippen molar-refractivity contribution in [3.8, 4) is 0 Å².